The van der Waals surface area contributed by atoms with Crippen LogP contribution in [0.1, 0.15) is 13.8 Å². The van der Waals surface area contributed by atoms with Crippen LogP contribution in [0.2, 0.25) is 0 Å². The number of hydrogen-bond donors (Lipinski definition) is 1. The van der Waals surface area contributed by atoms with Gasteiger partial charge in [-0.2, -0.15) is 11.8 Å². The Bertz CT molecular complexity index is 473. The first-order chi connectivity index (χ1) is 9.37. The van der Waals surface area contributed by atoms with Crippen LogP contribution in [-0.4, -0.2) is 53.6 Å². The lowest BCUT2D eigenvalue weighted by Gasteiger charge is -2.37. The molecule has 20 heavy (non-hydrogen) atoms. The van der Waals surface area contributed by atoms with E-state index in [1.165, 1.54) is 0 Å². The number of anilines is 2. The van der Waals surface area contributed by atoms with Gasteiger partial charge in [0.2, 0.25) is 0 Å². The third-order valence-electron chi connectivity index (χ3n) is 3.21. The zero-order valence-electron chi connectivity index (χ0n) is 12.5. The Morgan fingerprint density at radius 1 is 1.45 bits per heavy atom. The second-order valence-electron chi connectivity index (χ2n) is 5.76. The number of rotatable bonds is 2. The van der Waals surface area contributed by atoms with Crippen molar-refractivity contribution in [3.8, 4) is 0 Å². The lowest BCUT2D eigenvalue weighted by atomic mass is 10.2. The monoisotopic (exact) mass is 294 g/mol. The smallest absolute Gasteiger partial charge is 0.323 e. The summed E-state index contributed by atoms with van der Waals surface area (Å²) in [6.07, 6.45) is 1.76. The first kappa shape index (κ1) is 15.0. The predicted octanol–water partition coefficient (Wildman–Crippen LogP) is 2.51. The molecule has 2 rings (SSSR count). The van der Waals surface area contributed by atoms with Gasteiger partial charge in [-0.25, -0.2) is 9.78 Å². The molecule has 1 aliphatic rings. The van der Waals surface area contributed by atoms with Crippen LogP contribution in [0.25, 0.3) is 0 Å². The van der Waals surface area contributed by atoms with Crippen molar-refractivity contribution in [3.63, 3.8) is 0 Å². The molecule has 1 saturated heterocycles. The number of thioether (sulfide) groups is 1. The van der Waals surface area contributed by atoms with Gasteiger partial charge in [0, 0.05) is 37.7 Å². The highest BCUT2D eigenvalue weighted by Crippen LogP contribution is 2.29. The van der Waals surface area contributed by atoms with Gasteiger partial charge in [0.25, 0.3) is 0 Å². The Labute approximate surface area is 124 Å². The van der Waals surface area contributed by atoms with E-state index in [4.69, 9.17) is 0 Å². The van der Waals surface area contributed by atoms with Gasteiger partial charge in [-0.15, -0.1) is 0 Å². The molecule has 2 heterocycles. The van der Waals surface area contributed by atoms with Crippen LogP contribution in [0, 0.1) is 0 Å². The fourth-order valence-corrected chi connectivity index (χ4v) is 3.21. The molecular weight excluding hydrogens is 272 g/mol. The molecule has 0 saturated carbocycles. The maximum Gasteiger partial charge on any atom is 0.323 e. The van der Waals surface area contributed by atoms with Crippen molar-refractivity contribution in [3.05, 3.63) is 18.3 Å². The molecule has 1 aliphatic heterocycles. The Hall–Kier alpha value is -1.43. The molecule has 0 atom stereocenters. The number of carbonyl (C=O) groups is 1. The molecule has 0 aliphatic carbocycles. The van der Waals surface area contributed by atoms with Crippen LogP contribution in [-0.2, 0) is 0 Å². The van der Waals surface area contributed by atoms with E-state index in [0.717, 1.165) is 24.5 Å². The Morgan fingerprint density at radius 2 is 2.20 bits per heavy atom. The van der Waals surface area contributed by atoms with Gasteiger partial charge in [0.1, 0.15) is 5.82 Å². The van der Waals surface area contributed by atoms with E-state index in [2.05, 4.69) is 24.1 Å². The molecule has 1 aromatic heterocycles. The molecule has 110 valence electrons. The lowest BCUT2D eigenvalue weighted by molar-refractivity contribution is 0.208. The second kappa shape index (κ2) is 5.91. The summed E-state index contributed by atoms with van der Waals surface area (Å²) >= 11 is 1.91. The summed E-state index contributed by atoms with van der Waals surface area (Å²) in [7, 11) is 3.92. The number of pyridine rings is 1. The Morgan fingerprint density at radius 3 is 2.75 bits per heavy atom. The largest absolute Gasteiger partial charge is 0.376 e. The highest BCUT2D eigenvalue weighted by molar-refractivity contribution is 8.00. The number of carbonyl (C=O) groups excluding carboxylic acids is 1. The van der Waals surface area contributed by atoms with Crippen LogP contribution < -0.4 is 10.2 Å². The molecule has 5 nitrogen and oxygen atoms in total. The third-order valence-corrected chi connectivity index (χ3v) is 4.51. The average Bonchev–Trinajstić information content (AvgIpc) is 2.38. The quantitative estimate of drug-likeness (QED) is 0.910. The van der Waals surface area contributed by atoms with E-state index in [-0.39, 0.29) is 10.8 Å². The zero-order valence-corrected chi connectivity index (χ0v) is 13.3. The number of amides is 2. The minimum absolute atomic E-state index is 0.0662. The summed E-state index contributed by atoms with van der Waals surface area (Å²) in [6.45, 7) is 5.89. The fraction of sp³-hybridized carbons (Fsp3) is 0.571. The van der Waals surface area contributed by atoms with Gasteiger partial charge in [-0.3, -0.25) is 5.32 Å². The van der Waals surface area contributed by atoms with Crippen molar-refractivity contribution in [2.45, 2.75) is 18.6 Å². The third kappa shape index (κ3) is 3.79. The van der Waals surface area contributed by atoms with Crippen molar-refractivity contribution in [2.75, 3.05) is 43.2 Å². The number of nitrogens with zero attached hydrogens (tertiary/aromatic N) is 3. The molecule has 0 unspecified atom stereocenters. The van der Waals surface area contributed by atoms with Crippen molar-refractivity contribution in [1.29, 1.82) is 0 Å². The number of aromatic nitrogens is 1. The Balaban J connectivity index is 1.97. The van der Waals surface area contributed by atoms with E-state index in [1.807, 2.05) is 47.8 Å². The van der Waals surface area contributed by atoms with Crippen LogP contribution in [0.5, 0.6) is 0 Å². The van der Waals surface area contributed by atoms with Crippen molar-refractivity contribution in [2.24, 2.45) is 0 Å². The SMILES string of the molecule is CN(C)c1ccc(NC(=O)N2CCSC(C)(C)C2)nc1. The normalized spacial score (nSPS) is 17.7. The van der Waals surface area contributed by atoms with Gasteiger partial charge >= 0.3 is 6.03 Å². The average molecular weight is 294 g/mol. The summed E-state index contributed by atoms with van der Waals surface area (Å²) < 4.78 is 0.123. The minimum Gasteiger partial charge on any atom is -0.376 e. The first-order valence-electron chi connectivity index (χ1n) is 6.71. The van der Waals surface area contributed by atoms with Gasteiger partial charge in [0.05, 0.1) is 11.9 Å². The Kier molecular flexibility index (Phi) is 4.42. The molecule has 0 aromatic carbocycles. The molecule has 0 radical (unpaired) electrons. The molecule has 0 bridgehead atoms. The van der Waals surface area contributed by atoms with Crippen molar-refractivity contribution >= 4 is 29.3 Å². The van der Waals surface area contributed by atoms with Crippen LogP contribution in [0.15, 0.2) is 18.3 Å². The van der Waals surface area contributed by atoms with Gasteiger partial charge < -0.3 is 9.80 Å². The number of nitrogens with one attached hydrogen (secondary N) is 1. The number of urea groups is 1. The lowest BCUT2D eigenvalue weighted by Crippen LogP contribution is -2.47. The van der Waals surface area contributed by atoms with E-state index < -0.39 is 0 Å². The van der Waals surface area contributed by atoms with Gasteiger partial charge in [-0.1, -0.05) is 0 Å². The molecule has 1 fully saturated rings. The summed E-state index contributed by atoms with van der Waals surface area (Å²) in [5.74, 6) is 1.57. The highest BCUT2D eigenvalue weighted by Gasteiger charge is 2.29. The second-order valence-corrected chi connectivity index (χ2v) is 7.56. The summed E-state index contributed by atoms with van der Waals surface area (Å²) in [4.78, 5) is 20.3. The fourth-order valence-electron chi connectivity index (χ4n) is 2.10. The molecule has 1 N–H and O–H groups in total. The topological polar surface area (TPSA) is 48.5 Å². The molecule has 0 spiro atoms. The highest BCUT2D eigenvalue weighted by atomic mass is 32.2. The molecular formula is C14H22N4OS. The minimum atomic E-state index is -0.0662. The zero-order chi connectivity index (χ0) is 14.8. The van der Waals surface area contributed by atoms with Gasteiger partial charge in [-0.05, 0) is 26.0 Å². The molecule has 2 amide bonds. The van der Waals surface area contributed by atoms with E-state index >= 15 is 0 Å². The van der Waals surface area contributed by atoms with E-state index in [0.29, 0.717) is 5.82 Å². The van der Waals surface area contributed by atoms with E-state index in [1.54, 1.807) is 6.20 Å². The van der Waals surface area contributed by atoms with Crippen LogP contribution >= 0.6 is 11.8 Å². The van der Waals surface area contributed by atoms with Crippen molar-refractivity contribution in [1.82, 2.24) is 9.88 Å². The summed E-state index contributed by atoms with van der Waals surface area (Å²) in [5.41, 5.74) is 1.01. The van der Waals surface area contributed by atoms with Crippen LogP contribution in [0.4, 0.5) is 16.3 Å². The number of hydrogen-bond acceptors (Lipinski definition) is 4. The van der Waals surface area contributed by atoms with Crippen LogP contribution in [0.3, 0.4) is 0 Å². The summed E-state index contributed by atoms with van der Waals surface area (Å²) in [6, 6.07) is 3.71. The molecule has 1 aromatic rings. The standard InChI is InChI=1S/C14H22N4OS/c1-14(2)10-18(7-8-20-14)13(19)16-12-6-5-11(9-15-12)17(3)4/h5-6,9H,7-8,10H2,1-4H3,(H,15,16,19). The summed E-state index contributed by atoms with van der Waals surface area (Å²) in [5, 5.41) is 2.86. The maximum absolute atomic E-state index is 12.2. The van der Waals surface area contributed by atoms with Gasteiger partial charge in [0.15, 0.2) is 0 Å². The van der Waals surface area contributed by atoms with Crippen molar-refractivity contribution < 1.29 is 4.79 Å². The van der Waals surface area contributed by atoms with E-state index in [9.17, 15) is 4.79 Å². The maximum atomic E-state index is 12.2. The molecule has 6 heteroatoms. The first-order valence-corrected chi connectivity index (χ1v) is 7.69. The predicted molar refractivity (Wildman–Crippen MR) is 85.7 cm³/mol.